The SMILES string of the molecule is CC(C)C[C@H](N[C@H](CCN1C(=O)c2cc3ccccc3cc2C1=O)C(=O)OC(C)(C)C)C(=O)NCCN1CCOCC1. The average Bonchev–Trinajstić information content (AvgIpc) is 3.16. The van der Waals surface area contributed by atoms with Crippen molar-refractivity contribution in [2.24, 2.45) is 5.92 Å². The van der Waals surface area contributed by atoms with Gasteiger partial charge in [-0.2, -0.15) is 0 Å². The number of nitrogens with one attached hydrogen (secondary N) is 2. The van der Waals surface area contributed by atoms with Gasteiger partial charge in [0.05, 0.1) is 30.4 Å². The zero-order chi connectivity index (χ0) is 30.4. The summed E-state index contributed by atoms with van der Waals surface area (Å²) >= 11 is 0. The lowest BCUT2D eigenvalue weighted by Gasteiger charge is -2.30. The van der Waals surface area contributed by atoms with Crippen LogP contribution in [0, 0.1) is 5.92 Å². The minimum atomic E-state index is -0.902. The van der Waals surface area contributed by atoms with Crippen LogP contribution < -0.4 is 10.6 Å². The maximum absolute atomic E-state index is 13.3. The Morgan fingerprint density at radius 1 is 0.952 bits per heavy atom. The Balaban J connectivity index is 1.46. The smallest absolute Gasteiger partial charge is 0.323 e. The number of nitrogens with zero attached hydrogens (tertiary/aromatic N) is 2. The fraction of sp³-hybridized carbons (Fsp3) is 0.562. The molecule has 2 atom stereocenters. The molecule has 2 aliphatic heterocycles. The Hall–Kier alpha value is -3.34. The van der Waals surface area contributed by atoms with Crippen molar-refractivity contribution >= 4 is 34.5 Å². The van der Waals surface area contributed by atoms with Gasteiger partial charge >= 0.3 is 5.97 Å². The molecule has 10 nitrogen and oxygen atoms in total. The first-order chi connectivity index (χ1) is 19.9. The number of rotatable bonds is 12. The van der Waals surface area contributed by atoms with Gasteiger partial charge in [-0.3, -0.25) is 34.3 Å². The van der Waals surface area contributed by atoms with Gasteiger partial charge in [-0.05, 0) is 62.4 Å². The largest absolute Gasteiger partial charge is 0.459 e. The highest BCUT2D eigenvalue weighted by Gasteiger charge is 2.38. The molecule has 2 heterocycles. The summed E-state index contributed by atoms with van der Waals surface area (Å²) < 4.78 is 11.1. The van der Waals surface area contributed by atoms with Gasteiger partial charge in [0.2, 0.25) is 5.91 Å². The first-order valence-corrected chi connectivity index (χ1v) is 14.9. The van der Waals surface area contributed by atoms with Crippen molar-refractivity contribution in [3.63, 3.8) is 0 Å². The normalized spacial score (nSPS) is 17.4. The maximum Gasteiger partial charge on any atom is 0.323 e. The first-order valence-electron chi connectivity index (χ1n) is 14.9. The van der Waals surface area contributed by atoms with E-state index in [9.17, 15) is 19.2 Å². The van der Waals surface area contributed by atoms with Crippen molar-refractivity contribution < 1.29 is 28.7 Å². The van der Waals surface area contributed by atoms with Gasteiger partial charge in [0.15, 0.2) is 0 Å². The third-order valence-corrected chi connectivity index (χ3v) is 7.43. The Bertz CT molecular complexity index is 1240. The Morgan fingerprint density at radius 3 is 2.10 bits per heavy atom. The number of morpholine rings is 1. The van der Waals surface area contributed by atoms with Crippen LogP contribution >= 0.6 is 0 Å². The second kappa shape index (κ2) is 13.8. The van der Waals surface area contributed by atoms with Gasteiger partial charge in [0.25, 0.3) is 11.8 Å². The quantitative estimate of drug-likeness (QED) is 0.291. The van der Waals surface area contributed by atoms with Crippen molar-refractivity contribution in [1.82, 2.24) is 20.4 Å². The predicted octanol–water partition coefficient (Wildman–Crippen LogP) is 2.99. The fourth-order valence-corrected chi connectivity index (χ4v) is 5.33. The Morgan fingerprint density at radius 2 is 1.55 bits per heavy atom. The zero-order valence-corrected chi connectivity index (χ0v) is 25.4. The number of hydrogen-bond donors (Lipinski definition) is 2. The lowest BCUT2D eigenvalue weighted by atomic mass is 10.0. The van der Waals surface area contributed by atoms with E-state index in [-0.39, 0.29) is 36.6 Å². The summed E-state index contributed by atoms with van der Waals surface area (Å²) in [5, 5.41) is 8.00. The van der Waals surface area contributed by atoms with Crippen molar-refractivity contribution in [2.75, 3.05) is 45.9 Å². The van der Waals surface area contributed by atoms with E-state index < -0.39 is 23.7 Å². The van der Waals surface area contributed by atoms with Crippen molar-refractivity contribution in [1.29, 1.82) is 0 Å². The molecule has 4 rings (SSSR count). The summed E-state index contributed by atoms with van der Waals surface area (Å²) in [6.45, 7) is 13.6. The van der Waals surface area contributed by atoms with Crippen LogP contribution in [0.15, 0.2) is 36.4 Å². The van der Waals surface area contributed by atoms with E-state index in [0.29, 0.717) is 43.9 Å². The number of carbonyl (C=O) groups is 4. The lowest BCUT2D eigenvalue weighted by molar-refractivity contribution is -0.158. The standard InChI is InChI=1S/C32H44N4O6/c1-21(2)18-27(28(37)33-11-13-35-14-16-41-17-15-35)34-26(31(40)42-32(3,4)5)10-12-36-29(38)24-19-22-8-6-7-9-23(22)20-25(24)30(36)39/h6-9,19-21,26-27,34H,10-18H2,1-5H3,(H,33,37)/t26-,27+/m1/s1. The summed E-state index contributed by atoms with van der Waals surface area (Å²) in [7, 11) is 0. The molecule has 0 aromatic heterocycles. The fourth-order valence-electron chi connectivity index (χ4n) is 5.33. The molecule has 2 aliphatic rings. The minimum absolute atomic E-state index is 0.00660. The van der Waals surface area contributed by atoms with Gasteiger partial charge in [0, 0.05) is 32.7 Å². The van der Waals surface area contributed by atoms with E-state index in [1.807, 2.05) is 38.1 Å². The molecular formula is C32H44N4O6. The zero-order valence-electron chi connectivity index (χ0n) is 25.4. The average molecular weight is 581 g/mol. The summed E-state index contributed by atoms with van der Waals surface area (Å²) in [5.74, 6) is -1.32. The van der Waals surface area contributed by atoms with E-state index in [2.05, 4.69) is 15.5 Å². The summed E-state index contributed by atoms with van der Waals surface area (Å²) in [6, 6.07) is 9.51. The van der Waals surface area contributed by atoms with Crippen LogP contribution in [0.4, 0.5) is 0 Å². The van der Waals surface area contributed by atoms with Crippen LogP contribution in [-0.4, -0.2) is 97.1 Å². The summed E-state index contributed by atoms with van der Waals surface area (Å²) in [6.07, 6.45) is 0.609. The predicted molar refractivity (Wildman–Crippen MR) is 160 cm³/mol. The molecule has 10 heteroatoms. The highest BCUT2D eigenvalue weighted by molar-refractivity contribution is 6.23. The maximum atomic E-state index is 13.3. The van der Waals surface area contributed by atoms with E-state index in [1.54, 1.807) is 32.9 Å². The number of esters is 1. The van der Waals surface area contributed by atoms with Crippen LogP contribution in [-0.2, 0) is 19.1 Å². The molecule has 2 aromatic carbocycles. The topological polar surface area (TPSA) is 117 Å². The van der Waals surface area contributed by atoms with Gasteiger partial charge in [-0.15, -0.1) is 0 Å². The van der Waals surface area contributed by atoms with Crippen molar-refractivity contribution in [3.8, 4) is 0 Å². The first kappa shape index (κ1) is 31.6. The molecule has 0 saturated carbocycles. The van der Waals surface area contributed by atoms with E-state index in [4.69, 9.17) is 9.47 Å². The molecule has 1 fully saturated rings. The Kier molecular flexibility index (Phi) is 10.3. The number of fused-ring (bicyclic) bond motifs is 2. The molecule has 228 valence electrons. The van der Waals surface area contributed by atoms with Gasteiger partial charge in [-0.1, -0.05) is 38.1 Å². The second-order valence-electron chi connectivity index (χ2n) is 12.5. The van der Waals surface area contributed by atoms with Gasteiger partial charge in [-0.25, -0.2) is 0 Å². The number of imide groups is 1. The van der Waals surface area contributed by atoms with Crippen molar-refractivity contribution in [3.05, 3.63) is 47.5 Å². The molecule has 2 N–H and O–H groups in total. The van der Waals surface area contributed by atoms with Crippen LogP contribution in [0.2, 0.25) is 0 Å². The van der Waals surface area contributed by atoms with Crippen molar-refractivity contribution in [2.45, 2.75) is 65.1 Å². The molecule has 0 radical (unpaired) electrons. The summed E-state index contributed by atoms with van der Waals surface area (Å²) in [4.78, 5) is 56.6. The third-order valence-electron chi connectivity index (χ3n) is 7.43. The molecule has 0 spiro atoms. The number of benzene rings is 2. The second-order valence-corrected chi connectivity index (χ2v) is 12.5. The van der Waals surface area contributed by atoms with Crippen LogP contribution in [0.1, 0.15) is 68.2 Å². The van der Waals surface area contributed by atoms with Crippen LogP contribution in [0.25, 0.3) is 10.8 Å². The van der Waals surface area contributed by atoms with Gasteiger partial charge < -0.3 is 14.8 Å². The number of hydrogen-bond acceptors (Lipinski definition) is 8. The molecule has 3 amide bonds. The number of amides is 3. The lowest BCUT2D eigenvalue weighted by Crippen LogP contribution is -2.54. The molecule has 0 bridgehead atoms. The molecule has 1 saturated heterocycles. The Labute approximate surface area is 248 Å². The van der Waals surface area contributed by atoms with Crippen LogP contribution in [0.5, 0.6) is 0 Å². The highest BCUT2D eigenvalue weighted by Crippen LogP contribution is 2.28. The highest BCUT2D eigenvalue weighted by atomic mass is 16.6. The summed E-state index contributed by atoms with van der Waals surface area (Å²) in [5.41, 5.74) is -0.0312. The molecule has 42 heavy (non-hydrogen) atoms. The monoisotopic (exact) mass is 580 g/mol. The van der Waals surface area contributed by atoms with E-state index in [0.717, 1.165) is 23.9 Å². The molecule has 2 aromatic rings. The van der Waals surface area contributed by atoms with Crippen LogP contribution in [0.3, 0.4) is 0 Å². The minimum Gasteiger partial charge on any atom is -0.459 e. The number of ether oxygens (including phenoxy) is 2. The number of carbonyl (C=O) groups excluding carboxylic acids is 4. The van der Waals surface area contributed by atoms with Gasteiger partial charge in [0.1, 0.15) is 11.6 Å². The molecule has 0 unspecified atom stereocenters. The van der Waals surface area contributed by atoms with E-state index in [1.165, 1.54) is 4.90 Å². The molecule has 0 aliphatic carbocycles. The van der Waals surface area contributed by atoms with E-state index >= 15 is 0 Å². The molecular weight excluding hydrogens is 536 g/mol. The third kappa shape index (κ3) is 8.14.